The summed E-state index contributed by atoms with van der Waals surface area (Å²) in [4.78, 5) is 37.2. The number of amides is 1. The van der Waals surface area contributed by atoms with E-state index in [2.05, 4.69) is 19.9 Å². The molecule has 1 saturated heterocycles. The number of carbonyl (C=O) groups is 1. The van der Waals surface area contributed by atoms with Crippen molar-refractivity contribution >= 4 is 22.6 Å². The van der Waals surface area contributed by atoms with Gasteiger partial charge in [-0.3, -0.25) is 14.5 Å². The fraction of sp³-hybridized carbons (Fsp3) is 0.300. The SMILES string of the molecule is Cc1nc2c(F)cc(CN3CCN(c4ccc(C(N)=O)nc4F)CC3)cc2[nH]c1=O. The van der Waals surface area contributed by atoms with Gasteiger partial charge in [0.05, 0.1) is 11.2 Å². The summed E-state index contributed by atoms with van der Waals surface area (Å²) in [5, 5.41) is 0. The second-order valence-corrected chi connectivity index (χ2v) is 7.26. The number of nitrogens with two attached hydrogens (primary N) is 1. The molecular formula is C20H20F2N6O2. The van der Waals surface area contributed by atoms with E-state index in [1.165, 1.54) is 25.1 Å². The molecule has 0 bridgehead atoms. The largest absolute Gasteiger partial charge is 0.365 e. The van der Waals surface area contributed by atoms with Gasteiger partial charge in [0.2, 0.25) is 5.95 Å². The first kappa shape index (κ1) is 19.9. The smallest absolute Gasteiger partial charge is 0.269 e. The third-order valence-electron chi connectivity index (χ3n) is 5.18. The molecule has 0 radical (unpaired) electrons. The van der Waals surface area contributed by atoms with Crippen molar-refractivity contribution in [3.63, 3.8) is 0 Å². The summed E-state index contributed by atoms with van der Waals surface area (Å²) in [6.07, 6.45) is 0. The van der Waals surface area contributed by atoms with E-state index in [0.29, 0.717) is 49.5 Å². The van der Waals surface area contributed by atoms with Crippen LogP contribution in [0.5, 0.6) is 0 Å². The normalized spacial score (nSPS) is 15.0. The van der Waals surface area contributed by atoms with Crippen LogP contribution >= 0.6 is 0 Å². The number of primary amides is 1. The van der Waals surface area contributed by atoms with Gasteiger partial charge in [-0.2, -0.15) is 4.39 Å². The van der Waals surface area contributed by atoms with Gasteiger partial charge in [-0.05, 0) is 36.8 Å². The van der Waals surface area contributed by atoms with Gasteiger partial charge in [0, 0.05) is 32.7 Å². The number of benzene rings is 1. The highest BCUT2D eigenvalue weighted by Gasteiger charge is 2.21. The van der Waals surface area contributed by atoms with Crippen LogP contribution in [0.25, 0.3) is 11.0 Å². The standard InChI is InChI=1S/C20H20F2N6O2/c1-11-20(30)26-15-9-12(8-13(21)17(15)24-11)10-27-4-6-28(7-5-27)16-3-2-14(19(23)29)25-18(16)22/h2-3,8-9H,4-7,10H2,1H3,(H2,23,29)(H,26,30). The number of piperazine rings is 1. The lowest BCUT2D eigenvalue weighted by molar-refractivity contribution is 0.0994. The summed E-state index contributed by atoms with van der Waals surface area (Å²) in [7, 11) is 0. The minimum absolute atomic E-state index is 0.115. The Morgan fingerprint density at radius 3 is 2.57 bits per heavy atom. The van der Waals surface area contributed by atoms with Crippen LogP contribution in [0.3, 0.4) is 0 Å². The first-order valence-corrected chi connectivity index (χ1v) is 9.44. The summed E-state index contributed by atoms with van der Waals surface area (Å²) < 4.78 is 28.7. The Morgan fingerprint density at radius 1 is 1.17 bits per heavy atom. The van der Waals surface area contributed by atoms with Gasteiger partial charge < -0.3 is 15.6 Å². The van der Waals surface area contributed by atoms with Gasteiger partial charge in [0.15, 0.2) is 5.82 Å². The molecule has 0 spiro atoms. The second-order valence-electron chi connectivity index (χ2n) is 7.26. The van der Waals surface area contributed by atoms with Crippen LogP contribution in [0.1, 0.15) is 21.7 Å². The lowest BCUT2D eigenvalue weighted by atomic mass is 10.1. The predicted molar refractivity (Wildman–Crippen MR) is 107 cm³/mol. The zero-order valence-electron chi connectivity index (χ0n) is 16.3. The molecule has 3 N–H and O–H groups in total. The van der Waals surface area contributed by atoms with Gasteiger partial charge >= 0.3 is 0 Å². The van der Waals surface area contributed by atoms with Gasteiger partial charge in [-0.15, -0.1) is 0 Å². The quantitative estimate of drug-likeness (QED) is 0.624. The Hall–Kier alpha value is -3.40. The lowest BCUT2D eigenvalue weighted by Gasteiger charge is -2.36. The summed E-state index contributed by atoms with van der Waals surface area (Å²) in [5.41, 5.74) is 6.42. The zero-order valence-corrected chi connectivity index (χ0v) is 16.3. The van der Waals surface area contributed by atoms with E-state index >= 15 is 0 Å². The molecule has 1 aliphatic rings. The molecule has 0 unspecified atom stereocenters. The average Bonchev–Trinajstić information content (AvgIpc) is 2.70. The van der Waals surface area contributed by atoms with E-state index in [0.717, 1.165) is 0 Å². The third kappa shape index (κ3) is 3.86. The van der Waals surface area contributed by atoms with Crippen molar-refractivity contribution in [2.75, 3.05) is 31.1 Å². The Bertz CT molecular complexity index is 1190. The van der Waals surface area contributed by atoms with Crippen LogP contribution in [-0.4, -0.2) is 51.9 Å². The molecule has 3 aromatic rings. The average molecular weight is 414 g/mol. The van der Waals surface area contributed by atoms with E-state index in [9.17, 15) is 18.4 Å². The summed E-state index contributed by atoms with van der Waals surface area (Å²) in [6.45, 7) is 4.35. The molecule has 1 amide bonds. The number of hydrogen-bond donors (Lipinski definition) is 2. The van der Waals surface area contributed by atoms with E-state index in [1.54, 1.807) is 6.07 Å². The predicted octanol–water partition coefficient (Wildman–Crippen LogP) is 1.33. The van der Waals surface area contributed by atoms with Crippen LogP contribution in [0.4, 0.5) is 14.5 Å². The van der Waals surface area contributed by atoms with Crippen molar-refractivity contribution in [2.24, 2.45) is 5.73 Å². The Kier molecular flexibility index (Phi) is 5.17. The highest BCUT2D eigenvalue weighted by atomic mass is 19.1. The lowest BCUT2D eigenvalue weighted by Crippen LogP contribution is -2.46. The number of H-pyrrole nitrogens is 1. The topological polar surface area (TPSA) is 108 Å². The highest BCUT2D eigenvalue weighted by Crippen LogP contribution is 2.22. The molecule has 0 atom stereocenters. The molecule has 4 rings (SSSR count). The molecule has 0 aliphatic carbocycles. The number of nitrogens with zero attached hydrogens (tertiary/aromatic N) is 4. The number of halogens is 2. The number of carbonyl (C=O) groups excluding carboxylic acids is 1. The van der Waals surface area contributed by atoms with Crippen LogP contribution in [0, 0.1) is 18.7 Å². The molecule has 2 aromatic heterocycles. The first-order chi connectivity index (χ1) is 14.3. The molecule has 10 heteroatoms. The van der Waals surface area contributed by atoms with E-state index in [1.807, 2.05) is 4.90 Å². The molecule has 1 fully saturated rings. The molecule has 156 valence electrons. The van der Waals surface area contributed by atoms with Gasteiger partial charge in [-0.25, -0.2) is 14.4 Å². The number of nitrogens with one attached hydrogen (secondary N) is 1. The van der Waals surface area contributed by atoms with E-state index < -0.39 is 17.7 Å². The van der Waals surface area contributed by atoms with E-state index in [4.69, 9.17) is 5.73 Å². The van der Waals surface area contributed by atoms with Crippen molar-refractivity contribution in [2.45, 2.75) is 13.5 Å². The Balaban J connectivity index is 1.46. The maximum atomic E-state index is 14.4. The number of pyridine rings is 1. The summed E-state index contributed by atoms with van der Waals surface area (Å²) >= 11 is 0. The minimum Gasteiger partial charge on any atom is -0.365 e. The number of hydrogen-bond acceptors (Lipinski definition) is 6. The molecule has 3 heterocycles. The van der Waals surface area contributed by atoms with Crippen LogP contribution in [0.15, 0.2) is 29.1 Å². The van der Waals surface area contributed by atoms with E-state index in [-0.39, 0.29) is 22.5 Å². The Labute approximate surface area is 170 Å². The van der Waals surface area contributed by atoms with Crippen molar-refractivity contribution in [3.05, 3.63) is 63.3 Å². The molecule has 1 aromatic carbocycles. The fourth-order valence-electron chi connectivity index (χ4n) is 3.59. The first-order valence-electron chi connectivity index (χ1n) is 9.44. The van der Waals surface area contributed by atoms with Crippen LogP contribution in [0.2, 0.25) is 0 Å². The van der Waals surface area contributed by atoms with Gasteiger partial charge in [-0.1, -0.05) is 0 Å². The highest BCUT2D eigenvalue weighted by molar-refractivity contribution is 5.90. The van der Waals surface area contributed by atoms with Crippen molar-refractivity contribution in [1.29, 1.82) is 0 Å². The minimum atomic E-state index is -0.778. The fourth-order valence-corrected chi connectivity index (χ4v) is 3.59. The molecule has 1 aliphatic heterocycles. The van der Waals surface area contributed by atoms with Crippen molar-refractivity contribution < 1.29 is 13.6 Å². The van der Waals surface area contributed by atoms with Crippen LogP contribution in [-0.2, 0) is 6.54 Å². The zero-order chi connectivity index (χ0) is 21.4. The monoisotopic (exact) mass is 414 g/mol. The molecule has 0 saturated carbocycles. The summed E-state index contributed by atoms with van der Waals surface area (Å²) in [6, 6.07) is 6.06. The number of aromatic nitrogens is 3. The Morgan fingerprint density at radius 2 is 1.90 bits per heavy atom. The number of rotatable bonds is 4. The second kappa shape index (κ2) is 7.79. The molecule has 30 heavy (non-hydrogen) atoms. The molecule has 8 nitrogen and oxygen atoms in total. The third-order valence-corrected chi connectivity index (χ3v) is 5.18. The van der Waals surface area contributed by atoms with Gasteiger partial charge in [0.25, 0.3) is 11.5 Å². The van der Waals surface area contributed by atoms with Crippen molar-refractivity contribution in [1.82, 2.24) is 19.9 Å². The molecular weight excluding hydrogens is 394 g/mol. The van der Waals surface area contributed by atoms with Crippen LogP contribution < -0.4 is 16.2 Å². The maximum Gasteiger partial charge on any atom is 0.269 e. The summed E-state index contributed by atoms with van der Waals surface area (Å²) in [5.74, 6) is -1.99. The maximum absolute atomic E-state index is 14.4. The van der Waals surface area contributed by atoms with Gasteiger partial charge in [0.1, 0.15) is 16.9 Å². The number of anilines is 1. The number of fused-ring (bicyclic) bond motifs is 1. The number of aryl methyl sites for hydroxylation is 1. The van der Waals surface area contributed by atoms with Crippen molar-refractivity contribution in [3.8, 4) is 0 Å². The number of aromatic amines is 1.